The first-order valence-electron chi connectivity index (χ1n) is 9.69. The lowest BCUT2D eigenvalue weighted by molar-refractivity contribution is -0.116. The summed E-state index contributed by atoms with van der Waals surface area (Å²) in [7, 11) is 0. The van der Waals surface area contributed by atoms with Gasteiger partial charge in [-0.25, -0.2) is 4.68 Å². The average molecular weight is 425 g/mol. The Morgan fingerprint density at radius 1 is 1.13 bits per heavy atom. The topological polar surface area (TPSA) is 85.2 Å². The lowest BCUT2D eigenvalue weighted by atomic mass is 10.0. The molecule has 0 aliphatic carbocycles. The van der Waals surface area contributed by atoms with E-state index >= 15 is 0 Å². The molecule has 7 nitrogen and oxygen atoms in total. The largest absolute Gasteiger partial charge is 0.492 e. The minimum Gasteiger partial charge on any atom is -0.492 e. The smallest absolute Gasteiger partial charge is 0.287 e. The molecule has 30 heavy (non-hydrogen) atoms. The Morgan fingerprint density at radius 2 is 1.97 bits per heavy atom. The zero-order valence-corrected chi connectivity index (χ0v) is 17.0. The molecule has 1 aliphatic heterocycles. The molecule has 2 aromatic carbocycles. The quantitative estimate of drug-likeness (QED) is 0.568. The van der Waals surface area contributed by atoms with Crippen molar-refractivity contribution in [2.45, 2.75) is 19.4 Å². The summed E-state index contributed by atoms with van der Waals surface area (Å²) in [6.45, 7) is 1.20. The number of hydrogen-bond donors (Lipinski definition) is 2. The predicted octanol–water partition coefficient (Wildman–Crippen LogP) is 3.32. The van der Waals surface area contributed by atoms with E-state index < -0.39 is 0 Å². The van der Waals surface area contributed by atoms with E-state index in [1.54, 1.807) is 6.20 Å². The zero-order valence-electron chi connectivity index (χ0n) is 16.2. The van der Waals surface area contributed by atoms with Crippen molar-refractivity contribution in [2.75, 3.05) is 23.8 Å². The summed E-state index contributed by atoms with van der Waals surface area (Å²) in [4.78, 5) is 23.9. The Balaban J connectivity index is 1.32. The number of benzene rings is 2. The van der Waals surface area contributed by atoms with Crippen LogP contribution in [0.25, 0.3) is 0 Å². The van der Waals surface area contributed by atoms with E-state index in [9.17, 15) is 9.59 Å². The van der Waals surface area contributed by atoms with Crippen LogP contribution in [0.3, 0.4) is 0 Å². The third-order valence-corrected chi connectivity index (χ3v) is 5.18. The lowest BCUT2D eigenvalue weighted by Crippen LogP contribution is -2.25. The van der Waals surface area contributed by atoms with Crippen molar-refractivity contribution in [3.05, 3.63) is 81.2 Å². The predicted molar refractivity (Wildman–Crippen MR) is 116 cm³/mol. The molecule has 4 rings (SSSR count). The molecule has 1 aliphatic rings. The zero-order chi connectivity index (χ0) is 20.9. The average Bonchev–Trinajstić information content (AvgIpc) is 2.76. The minimum atomic E-state index is -0.344. The van der Waals surface area contributed by atoms with Crippen LogP contribution in [-0.4, -0.2) is 28.8 Å². The van der Waals surface area contributed by atoms with E-state index in [1.165, 1.54) is 4.68 Å². The Kier molecular flexibility index (Phi) is 5.99. The molecular formula is C22H21ClN4O3. The molecule has 0 radical (unpaired) electrons. The molecule has 2 N–H and O–H groups in total. The first-order valence-corrected chi connectivity index (χ1v) is 10.1. The monoisotopic (exact) mass is 424 g/mol. The van der Waals surface area contributed by atoms with Gasteiger partial charge < -0.3 is 15.4 Å². The highest BCUT2D eigenvalue weighted by molar-refractivity contribution is 6.32. The maximum atomic E-state index is 12.5. The second-order valence-electron chi connectivity index (χ2n) is 6.96. The van der Waals surface area contributed by atoms with Crippen LogP contribution in [0.15, 0.2) is 59.5 Å². The molecule has 1 aromatic heterocycles. The van der Waals surface area contributed by atoms with Gasteiger partial charge in [0.05, 0.1) is 18.4 Å². The van der Waals surface area contributed by atoms with Crippen LogP contribution < -0.4 is 20.9 Å². The molecule has 0 unspecified atom stereocenters. The number of rotatable bonds is 7. The van der Waals surface area contributed by atoms with Gasteiger partial charge in [0, 0.05) is 18.7 Å². The van der Waals surface area contributed by atoms with Crippen LogP contribution in [0.1, 0.15) is 17.5 Å². The van der Waals surface area contributed by atoms with E-state index in [-0.39, 0.29) is 16.5 Å². The van der Waals surface area contributed by atoms with Crippen LogP contribution >= 0.6 is 11.6 Å². The van der Waals surface area contributed by atoms with Gasteiger partial charge in [0.2, 0.25) is 5.91 Å². The van der Waals surface area contributed by atoms with Gasteiger partial charge in [0.25, 0.3) is 5.56 Å². The van der Waals surface area contributed by atoms with E-state index in [1.807, 2.05) is 48.5 Å². The number of aromatic nitrogens is 2. The van der Waals surface area contributed by atoms with Crippen LogP contribution in [0.5, 0.6) is 5.75 Å². The van der Waals surface area contributed by atoms with Crippen LogP contribution in [-0.2, 0) is 17.8 Å². The van der Waals surface area contributed by atoms with Crippen LogP contribution in [0.4, 0.5) is 11.4 Å². The van der Waals surface area contributed by atoms with Gasteiger partial charge in [-0.3, -0.25) is 9.59 Å². The molecule has 0 saturated carbocycles. The third kappa shape index (κ3) is 4.63. The van der Waals surface area contributed by atoms with Crippen molar-refractivity contribution in [2.24, 2.45) is 0 Å². The number of carbonyl (C=O) groups excluding carboxylic acids is 1. The second-order valence-corrected chi connectivity index (χ2v) is 7.34. The van der Waals surface area contributed by atoms with E-state index in [2.05, 4.69) is 15.7 Å². The molecule has 2 heterocycles. The summed E-state index contributed by atoms with van der Waals surface area (Å²) >= 11 is 6.24. The fourth-order valence-electron chi connectivity index (χ4n) is 3.26. The van der Waals surface area contributed by atoms with Crippen molar-refractivity contribution < 1.29 is 9.53 Å². The first kappa shape index (κ1) is 20.0. The van der Waals surface area contributed by atoms with Gasteiger partial charge in [0.1, 0.15) is 17.4 Å². The van der Waals surface area contributed by atoms with Crippen LogP contribution in [0, 0.1) is 0 Å². The number of anilines is 2. The fraction of sp³-hybridized carbons (Fsp3) is 0.227. The number of aryl methyl sites for hydroxylation is 1. The summed E-state index contributed by atoms with van der Waals surface area (Å²) in [6.07, 6.45) is 2.74. The number of fused-ring (bicyclic) bond motifs is 1. The summed E-state index contributed by atoms with van der Waals surface area (Å²) < 4.78 is 7.11. The fourth-order valence-corrected chi connectivity index (χ4v) is 3.47. The molecule has 8 heteroatoms. The van der Waals surface area contributed by atoms with Gasteiger partial charge >= 0.3 is 0 Å². The van der Waals surface area contributed by atoms with E-state index in [0.717, 1.165) is 22.6 Å². The van der Waals surface area contributed by atoms with Crippen molar-refractivity contribution in [1.29, 1.82) is 0 Å². The van der Waals surface area contributed by atoms with Crippen molar-refractivity contribution >= 4 is 28.9 Å². The number of carbonyl (C=O) groups is 1. The van der Waals surface area contributed by atoms with Crippen molar-refractivity contribution in [1.82, 2.24) is 9.78 Å². The summed E-state index contributed by atoms with van der Waals surface area (Å²) in [5.74, 6) is 0.769. The third-order valence-electron chi connectivity index (χ3n) is 4.82. The molecule has 0 bridgehead atoms. The Morgan fingerprint density at radius 3 is 2.80 bits per heavy atom. The Hall–Kier alpha value is -3.32. The van der Waals surface area contributed by atoms with Crippen molar-refractivity contribution in [3.63, 3.8) is 0 Å². The van der Waals surface area contributed by atoms with Gasteiger partial charge in [-0.05, 0) is 35.7 Å². The maximum absolute atomic E-state index is 12.5. The maximum Gasteiger partial charge on any atom is 0.287 e. The molecule has 3 aromatic rings. The Labute approximate surface area is 178 Å². The summed E-state index contributed by atoms with van der Waals surface area (Å²) in [5.41, 5.74) is 3.01. The second kappa shape index (κ2) is 9.00. The number of ether oxygens (including phenoxy) is 1. The summed E-state index contributed by atoms with van der Waals surface area (Å²) in [5, 5.41) is 10.3. The summed E-state index contributed by atoms with van der Waals surface area (Å²) in [6, 6.07) is 15.2. The highest BCUT2D eigenvalue weighted by atomic mass is 35.5. The molecular weight excluding hydrogens is 404 g/mol. The van der Waals surface area contributed by atoms with Gasteiger partial charge in [-0.2, -0.15) is 5.10 Å². The molecule has 0 spiro atoms. The highest BCUT2D eigenvalue weighted by Gasteiger charge is 2.15. The number of hydrogen-bond acceptors (Lipinski definition) is 5. The molecule has 154 valence electrons. The minimum absolute atomic E-state index is 0.0385. The molecule has 1 amide bonds. The van der Waals surface area contributed by atoms with E-state index in [0.29, 0.717) is 38.2 Å². The highest BCUT2D eigenvalue weighted by Crippen LogP contribution is 2.26. The van der Waals surface area contributed by atoms with Crippen LogP contribution in [0.2, 0.25) is 5.02 Å². The van der Waals surface area contributed by atoms with Gasteiger partial charge in [-0.15, -0.1) is 0 Å². The lowest BCUT2D eigenvalue weighted by Gasteiger charge is -2.18. The van der Waals surface area contributed by atoms with Gasteiger partial charge in [-0.1, -0.05) is 41.9 Å². The number of nitrogens with one attached hydrogen (secondary N) is 2. The number of nitrogens with zero attached hydrogens (tertiary/aromatic N) is 2. The number of amides is 1. The SMILES string of the molecule is O=C1CCc2cc(OCCNc3cnn(Cc4ccccc4)c(=O)c3Cl)ccc2N1. The Bertz CT molecular complexity index is 1120. The molecule has 0 fully saturated rings. The van der Waals surface area contributed by atoms with E-state index in [4.69, 9.17) is 16.3 Å². The molecule has 0 atom stereocenters. The number of halogens is 1. The first-order chi connectivity index (χ1) is 14.6. The normalized spacial score (nSPS) is 12.8. The van der Waals surface area contributed by atoms with Gasteiger partial charge in [0.15, 0.2) is 0 Å². The molecule has 0 saturated heterocycles. The standard InChI is InChI=1S/C22H21ClN4O3/c23-21-19(13-25-27(22(21)29)14-15-4-2-1-3-5-15)24-10-11-30-17-7-8-18-16(12-17)6-9-20(28)26-18/h1-5,7-8,12-13,24H,6,9-11,14H2,(H,26,28). The van der Waals surface area contributed by atoms with Crippen molar-refractivity contribution in [3.8, 4) is 5.75 Å².